The van der Waals surface area contributed by atoms with Crippen molar-refractivity contribution in [2.75, 3.05) is 13.2 Å². The van der Waals surface area contributed by atoms with E-state index in [0.717, 1.165) is 11.1 Å². The topological polar surface area (TPSA) is 93.1 Å². The van der Waals surface area contributed by atoms with Crippen LogP contribution >= 0.6 is 7.82 Å². The molecule has 0 spiro atoms. The van der Waals surface area contributed by atoms with E-state index in [-0.39, 0.29) is 13.2 Å². The molecule has 0 atom stereocenters. The smallest absolute Gasteiger partial charge is 0.460 e. The Hall–Kier alpha value is -0.940. The van der Waals surface area contributed by atoms with Gasteiger partial charge in [0.25, 0.3) is 0 Å². The van der Waals surface area contributed by atoms with Gasteiger partial charge in [-0.05, 0) is 33.8 Å². The lowest BCUT2D eigenvalue weighted by Gasteiger charge is -2.08. The zero-order valence-corrected chi connectivity index (χ0v) is 11.9. The van der Waals surface area contributed by atoms with Crippen LogP contribution in [-0.4, -0.2) is 29.0 Å². The minimum absolute atomic E-state index is 0.211. The lowest BCUT2D eigenvalue weighted by molar-refractivity contribution is -0.139. The van der Waals surface area contributed by atoms with Crippen LogP contribution in [0.1, 0.15) is 27.7 Å². The Morgan fingerprint density at radius 3 is 2.11 bits per heavy atom. The van der Waals surface area contributed by atoms with Gasteiger partial charge in [-0.15, -0.1) is 0 Å². The molecule has 0 aromatic rings. The van der Waals surface area contributed by atoms with Crippen molar-refractivity contribution in [1.29, 1.82) is 0 Å². The quantitative estimate of drug-likeness (QED) is 0.253. The van der Waals surface area contributed by atoms with E-state index in [1.165, 1.54) is 0 Å². The van der Waals surface area contributed by atoms with Crippen molar-refractivity contribution in [3.8, 4) is 0 Å². The first-order chi connectivity index (χ1) is 8.13. The highest BCUT2D eigenvalue weighted by atomic mass is 31.2. The van der Waals surface area contributed by atoms with Crippen molar-refractivity contribution in [3.05, 3.63) is 22.8 Å². The summed E-state index contributed by atoms with van der Waals surface area (Å²) in [4.78, 5) is 28.5. The van der Waals surface area contributed by atoms with E-state index < -0.39 is 13.8 Å². The van der Waals surface area contributed by atoms with Gasteiger partial charge in [0, 0.05) is 0 Å². The molecule has 0 saturated heterocycles. The Balaban J connectivity index is 4.36. The number of carbonyl (C=O) groups is 1. The Kier molecular flexibility index (Phi) is 7.09. The largest absolute Gasteiger partial charge is 0.469 e. The monoisotopic (exact) mass is 278 g/mol. The third-order valence-electron chi connectivity index (χ3n) is 1.77. The number of hydrogen-bond donors (Lipinski definition) is 2. The molecule has 0 rings (SSSR count). The van der Waals surface area contributed by atoms with Crippen LogP contribution in [0.4, 0.5) is 0 Å². The molecule has 0 aliphatic heterocycles. The maximum absolute atomic E-state index is 11.7. The summed E-state index contributed by atoms with van der Waals surface area (Å²) in [6.45, 7) is 6.71. The average molecular weight is 278 g/mol. The van der Waals surface area contributed by atoms with E-state index in [1.807, 2.05) is 13.8 Å². The van der Waals surface area contributed by atoms with Crippen LogP contribution in [0, 0.1) is 0 Å². The van der Waals surface area contributed by atoms with Gasteiger partial charge in [-0.1, -0.05) is 11.1 Å². The molecule has 7 heteroatoms. The van der Waals surface area contributed by atoms with E-state index >= 15 is 0 Å². The summed E-state index contributed by atoms with van der Waals surface area (Å²) in [5, 5.41) is 0. The summed E-state index contributed by atoms with van der Waals surface area (Å²) in [7, 11) is -4.51. The maximum Gasteiger partial charge on any atom is 0.469 e. The van der Waals surface area contributed by atoms with Crippen LogP contribution in [-0.2, 0) is 18.6 Å². The van der Waals surface area contributed by atoms with Gasteiger partial charge in [0.1, 0.15) is 6.61 Å². The lowest BCUT2D eigenvalue weighted by Crippen LogP contribution is -2.12. The van der Waals surface area contributed by atoms with E-state index in [4.69, 9.17) is 14.5 Å². The summed E-state index contributed by atoms with van der Waals surface area (Å²) in [6, 6.07) is 0. The number of rotatable bonds is 6. The van der Waals surface area contributed by atoms with Crippen molar-refractivity contribution in [2.45, 2.75) is 27.7 Å². The molecule has 0 amide bonds. The minimum atomic E-state index is -4.51. The first-order valence-electron chi connectivity index (χ1n) is 5.33. The minimum Gasteiger partial charge on any atom is -0.460 e. The molecular weight excluding hydrogens is 259 g/mol. The summed E-state index contributed by atoms with van der Waals surface area (Å²) in [5.74, 6) is -0.537. The fourth-order valence-electron chi connectivity index (χ4n) is 1.06. The zero-order chi connectivity index (χ0) is 14.3. The Morgan fingerprint density at radius 1 is 1.17 bits per heavy atom. The van der Waals surface area contributed by atoms with Crippen molar-refractivity contribution in [1.82, 2.24) is 0 Å². The predicted octanol–water partition coefficient (Wildman–Crippen LogP) is 1.94. The summed E-state index contributed by atoms with van der Waals surface area (Å²) in [5.41, 5.74) is 2.19. The first kappa shape index (κ1) is 17.1. The lowest BCUT2D eigenvalue weighted by atomic mass is 10.1. The molecule has 0 saturated carbocycles. The molecule has 0 heterocycles. The Labute approximate surface area is 107 Å². The van der Waals surface area contributed by atoms with Crippen LogP contribution in [0.2, 0.25) is 0 Å². The van der Waals surface area contributed by atoms with E-state index in [1.54, 1.807) is 19.9 Å². The summed E-state index contributed by atoms with van der Waals surface area (Å²) >= 11 is 0. The van der Waals surface area contributed by atoms with Crippen LogP contribution in [0.5, 0.6) is 0 Å². The van der Waals surface area contributed by atoms with Crippen molar-refractivity contribution in [3.63, 3.8) is 0 Å². The fourth-order valence-corrected chi connectivity index (χ4v) is 1.38. The summed E-state index contributed by atoms with van der Waals surface area (Å²) < 4.78 is 19.4. The number of phosphoric acid groups is 1. The van der Waals surface area contributed by atoms with E-state index in [0.29, 0.717) is 5.57 Å². The molecule has 2 N–H and O–H groups in total. The number of esters is 1. The third kappa shape index (κ3) is 8.20. The molecule has 0 radical (unpaired) electrons. The highest BCUT2D eigenvalue weighted by Gasteiger charge is 2.15. The molecule has 0 aliphatic carbocycles. The Bertz CT molecular complexity index is 396. The van der Waals surface area contributed by atoms with Gasteiger partial charge in [-0.3, -0.25) is 4.52 Å². The number of allylic oxidation sites excluding steroid dienone is 2. The van der Waals surface area contributed by atoms with Crippen molar-refractivity contribution < 1.29 is 28.4 Å². The molecule has 0 aliphatic rings. The molecule has 0 unspecified atom stereocenters. The van der Waals surface area contributed by atoms with Gasteiger partial charge >= 0.3 is 13.8 Å². The molecule has 0 aromatic heterocycles. The fraction of sp³-hybridized carbons (Fsp3) is 0.545. The average Bonchev–Trinajstić information content (AvgIpc) is 2.18. The second kappa shape index (κ2) is 7.48. The van der Waals surface area contributed by atoms with Gasteiger partial charge < -0.3 is 14.5 Å². The molecule has 0 fully saturated rings. The molecule has 18 heavy (non-hydrogen) atoms. The zero-order valence-electron chi connectivity index (χ0n) is 11.0. The highest BCUT2D eigenvalue weighted by molar-refractivity contribution is 7.46. The third-order valence-corrected chi connectivity index (χ3v) is 2.29. The van der Waals surface area contributed by atoms with Crippen molar-refractivity contribution in [2.24, 2.45) is 0 Å². The Morgan fingerprint density at radius 2 is 1.72 bits per heavy atom. The summed E-state index contributed by atoms with van der Waals surface area (Å²) in [6.07, 6.45) is 1.70. The predicted molar refractivity (Wildman–Crippen MR) is 66.8 cm³/mol. The molecule has 6 nitrogen and oxygen atoms in total. The highest BCUT2D eigenvalue weighted by Crippen LogP contribution is 2.35. The number of phosphoric ester groups is 1. The second-order valence-electron chi connectivity index (χ2n) is 4.10. The van der Waals surface area contributed by atoms with E-state index in [2.05, 4.69) is 4.52 Å². The normalized spacial score (nSPS) is 10.8. The first-order valence-corrected chi connectivity index (χ1v) is 6.86. The van der Waals surface area contributed by atoms with Crippen molar-refractivity contribution >= 4 is 13.8 Å². The van der Waals surface area contributed by atoms with Gasteiger partial charge in [-0.25, -0.2) is 9.36 Å². The molecule has 0 aromatic carbocycles. The number of hydrogen-bond acceptors (Lipinski definition) is 4. The van der Waals surface area contributed by atoms with Gasteiger partial charge in [-0.2, -0.15) is 0 Å². The van der Waals surface area contributed by atoms with Crippen LogP contribution in [0.25, 0.3) is 0 Å². The van der Waals surface area contributed by atoms with Gasteiger partial charge in [0.2, 0.25) is 0 Å². The van der Waals surface area contributed by atoms with Crippen LogP contribution in [0.15, 0.2) is 22.8 Å². The van der Waals surface area contributed by atoms with Crippen LogP contribution in [0.3, 0.4) is 0 Å². The van der Waals surface area contributed by atoms with E-state index in [9.17, 15) is 9.36 Å². The SMILES string of the molecule is CC(C)=CC(C(=O)OCCOP(=O)(O)O)=C(C)C. The molecule has 104 valence electrons. The standard InChI is InChI=1S/C11H19O6P/c1-8(2)7-10(9(3)4)11(12)16-5-6-17-18(13,14)15/h7H,5-6H2,1-4H3,(H2,13,14,15). The van der Waals surface area contributed by atoms with Gasteiger partial charge in [0.15, 0.2) is 0 Å². The number of carbonyl (C=O) groups excluding carboxylic acids is 1. The maximum atomic E-state index is 11.7. The van der Waals surface area contributed by atoms with Gasteiger partial charge in [0.05, 0.1) is 12.2 Å². The van der Waals surface area contributed by atoms with Crippen LogP contribution < -0.4 is 0 Å². The second-order valence-corrected chi connectivity index (χ2v) is 5.33. The molecule has 0 bridgehead atoms. The molecular formula is C11H19O6P. The number of ether oxygens (including phenoxy) is 1.